The van der Waals surface area contributed by atoms with Gasteiger partial charge in [0.05, 0.1) is 10.7 Å². The molecule has 1 N–H and O–H groups in total. The third-order valence-electron chi connectivity index (χ3n) is 3.24. The molecule has 0 aliphatic carbocycles. The van der Waals surface area contributed by atoms with Crippen LogP contribution in [0.2, 0.25) is 5.02 Å². The fourth-order valence-corrected chi connectivity index (χ4v) is 2.58. The van der Waals surface area contributed by atoms with Crippen molar-refractivity contribution in [2.75, 3.05) is 18.4 Å². The molecule has 0 spiro atoms. The molecule has 0 atom stereocenters. The average molecular weight is 311 g/mol. The van der Waals surface area contributed by atoms with Crippen molar-refractivity contribution in [3.8, 4) is 0 Å². The fourth-order valence-electron chi connectivity index (χ4n) is 2.21. The minimum atomic E-state index is -0.133. The molecule has 0 saturated carbocycles. The van der Waals surface area contributed by atoms with Crippen LogP contribution in [0.4, 0.5) is 5.69 Å². The number of hydrogen-bond acceptors (Lipinski definition) is 2. The first-order valence-corrected chi connectivity index (χ1v) is 7.55. The van der Waals surface area contributed by atoms with Gasteiger partial charge in [-0.05, 0) is 37.5 Å². The Morgan fingerprint density at radius 2 is 1.90 bits per heavy atom. The second kappa shape index (κ2) is 8.03. The molecule has 0 heterocycles. The van der Waals surface area contributed by atoms with Crippen molar-refractivity contribution in [3.05, 3.63) is 28.3 Å². The van der Waals surface area contributed by atoms with Gasteiger partial charge in [-0.2, -0.15) is 0 Å². The van der Waals surface area contributed by atoms with Gasteiger partial charge < -0.3 is 10.2 Å². The van der Waals surface area contributed by atoms with Crippen molar-refractivity contribution in [2.24, 2.45) is 0 Å². The van der Waals surface area contributed by atoms with Gasteiger partial charge >= 0.3 is 0 Å². The zero-order valence-electron chi connectivity index (χ0n) is 13.1. The van der Waals surface area contributed by atoms with E-state index in [4.69, 9.17) is 11.6 Å². The van der Waals surface area contributed by atoms with Crippen LogP contribution in [0.25, 0.3) is 0 Å². The molecule has 116 valence electrons. The highest BCUT2D eigenvalue weighted by atomic mass is 35.5. The van der Waals surface area contributed by atoms with Crippen LogP contribution in [-0.4, -0.2) is 29.8 Å². The summed E-state index contributed by atoms with van der Waals surface area (Å²) in [6.07, 6.45) is 1.15. The summed E-state index contributed by atoms with van der Waals surface area (Å²) in [4.78, 5) is 25.1. The molecule has 0 fully saturated rings. The summed E-state index contributed by atoms with van der Waals surface area (Å²) in [6, 6.07) is 3.80. The van der Waals surface area contributed by atoms with Crippen molar-refractivity contribution in [2.45, 2.75) is 40.5 Å². The lowest BCUT2D eigenvalue weighted by Crippen LogP contribution is -2.32. The van der Waals surface area contributed by atoms with Gasteiger partial charge in [-0.25, -0.2) is 0 Å². The molecule has 0 aromatic heterocycles. The standard InChI is InChI=1S/C16H23ClN2O2/c1-5-7-19(13(4)20)8-6-15(21)18-16-12(3)9-11(2)10-14(16)17/h9-10H,5-8H2,1-4H3,(H,18,21). The number of benzene rings is 1. The zero-order chi connectivity index (χ0) is 16.0. The van der Waals surface area contributed by atoms with Crippen molar-refractivity contribution >= 4 is 29.1 Å². The van der Waals surface area contributed by atoms with Crippen LogP contribution in [0.15, 0.2) is 12.1 Å². The lowest BCUT2D eigenvalue weighted by molar-refractivity contribution is -0.129. The number of carbonyl (C=O) groups is 2. The summed E-state index contributed by atoms with van der Waals surface area (Å²) in [5, 5.41) is 3.37. The molecule has 0 bridgehead atoms. The average Bonchev–Trinajstić information content (AvgIpc) is 2.38. The topological polar surface area (TPSA) is 49.4 Å². The summed E-state index contributed by atoms with van der Waals surface area (Å²) in [6.45, 7) is 8.50. The van der Waals surface area contributed by atoms with Gasteiger partial charge in [-0.1, -0.05) is 24.6 Å². The fraction of sp³-hybridized carbons (Fsp3) is 0.500. The van der Waals surface area contributed by atoms with E-state index < -0.39 is 0 Å². The molecule has 1 aromatic carbocycles. The molecule has 1 aromatic rings. The molecule has 0 unspecified atom stereocenters. The van der Waals surface area contributed by atoms with E-state index in [2.05, 4.69) is 5.32 Å². The maximum atomic E-state index is 12.0. The highest BCUT2D eigenvalue weighted by molar-refractivity contribution is 6.34. The monoisotopic (exact) mass is 310 g/mol. The van der Waals surface area contributed by atoms with Gasteiger partial charge in [0.25, 0.3) is 0 Å². The predicted molar refractivity (Wildman–Crippen MR) is 86.7 cm³/mol. The molecule has 5 heteroatoms. The van der Waals surface area contributed by atoms with E-state index in [1.165, 1.54) is 6.92 Å². The SMILES string of the molecule is CCCN(CCC(=O)Nc1c(C)cc(C)cc1Cl)C(C)=O. The number of hydrogen-bond donors (Lipinski definition) is 1. The van der Waals surface area contributed by atoms with E-state index >= 15 is 0 Å². The minimum Gasteiger partial charge on any atom is -0.342 e. The Kier molecular flexibility index (Phi) is 6.69. The largest absolute Gasteiger partial charge is 0.342 e. The Balaban J connectivity index is 2.64. The molecule has 2 amide bonds. The number of anilines is 1. The highest BCUT2D eigenvalue weighted by Gasteiger charge is 2.12. The number of rotatable bonds is 6. The van der Waals surface area contributed by atoms with Gasteiger partial charge in [0.15, 0.2) is 0 Å². The van der Waals surface area contributed by atoms with E-state index in [1.807, 2.05) is 32.9 Å². The number of carbonyl (C=O) groups excluding carboxylic acids is 2. The Bertz CT molecular complexity index is 506. The van der Waals surface area contributed by atoms with Crippen LogP contribution in [0.3, 0.4) is 0 Å². The van der Waals surface area contributed by atoms with Crippen molar-refractivity contribution < 1.29 is 9.59 Å². The van der Waals surface area contributed by atoms with Gasteiger partial charge in [-0.3, -0.25) is 9.59 Å². The van der Waals surface area contributed by atoms with E-state index in [9.17, 15) is 9.59 Å². The molecule has 0 saturated heterocycles. The predicted octanol–water partition coefficient (Wildman–Crippen LogP) is 3.54. The first-order valence-electron chi connectivity index (χ1n) is 7.17. The lowest BCUT2D eigenvalue weighted by atomic mass is 10.1. The maximum Gasteiger partial charge on any atom is 0.226 e. The maximum absolute atomic E-state index is 12.0. The van der Waals surface area contributed by atoms with Crippen molar-refractivity contribution in [3.63, 3.8) is 0 Å². The molecule has 1 rings (SSSR count). The van der Waals surface area contributed by atoms with E-state index in [0.717, 1.165) is 17.5 Å². The van der Waals surface area contributed by atoms with Crippen LogP contribution in [-0.2, 0) is 9.59 Å². The first-order chi connectivity index (χ1) is 9.85. The quantitative estimate of drug-likeness (QED) is 0.873. The molecular formula is C16H23ClN2O2. The van der Waals surface area contributed by atoms with E-state index in [0.29, 0.717) is 23.8 Å². The van der Waals surface area contributed by atoms with Gasteiger partial charge in [0.2, 0.25) is 11.8 Å². The van der Waals surface area contributed by atoms with Gasteiger partial charge in [0.1, 0.15) is 0 Å². The van der Waals surface area contributed by atoms with Crippen LogP contribution in [0.5, 0.6) is 0 Å². The second-order valence-electron chi connectivity index (χ2n) is 5.24. The number of aryl methyl sites for hydroxylation is 2. The third-order valence-corrected chi connectivity index (χ3v) is 3.54. The molecule has 0 aliphatic rings. The van der Waals surface area contributed by atoms with Gasteiger partial charge in [0, 0.05) is 26.4 Å². The van der Waals surface area contributed by atoms with Crippen molar-refractivity contribution in [1.29, 1.82) is 0 Å². The summed E-state index contributed by atoms with van der Waals surface area (Å²) in [7, 11) is 0. The number of nitrogens with zero attached hydrogens (tertiary/aromatic N) is 1. The van der Waals surface area contributed by atoms with Crippen LogP contribution in [0.1, 0.15) is 37.8 Å². The Morgan fingerprint density at radius 3 is 2.43 bits per heavy atom. The summed E-state index contributed by atoms with van der Waals surface area (Å²) >= 11 is 6.16. The first kappa shape index (κ1) is 17.5. The summed E-state index contributed by atoms with van der Waals surface area (Å²) in [5.74, 6) is -0.139. The second-order valence-corrected chi connectivity index (χ2v) is 5.65. The third kappa shape index (κ3) is 5.38. The Labute approximate surface area is 131 Å². The van der Waals surface area contributed by atoms with Crippen LogP contribution < -0.4 is 5.32 Å². The van der Waals surface area contributed by atoms with E-state index in [1.54, 1.807) is 4.90 Å². The number of nitrogens with one attached hydrogen (secondary N) is 1. The normalized spacial score (nSPS) is 10.3. The highest BCUT2D eigenvalue weighted by Crippen LogP contribution is 2.27. The lowest BCUT2D eigenvalue weighted by Gasteiger charge is -2.20. The molecule has 4 nitrogen and oxygen atoms in total. The smallest absolute Gasteiger partial charge is 0.226 e. The number of amides is 2. The molecule has 21 heavy (non-hydrogen) atoms. The summed E-state index contributed by atoms with van der Waals surface area (Å²) < 4.78 is 0. The molecule has 0 aliphatic heterocycles. The molecular weight excluding hydrogens is 288 g/mol. The zero-order valence-corrected chi connectivity index (χ0v) is 13.9. The summed E-state index contributed by atoms with van der Waals surface area (Å²) in [5.41, 5.74) is 2.64. The van der Waals surface area contributed by atoms with Gasteiger partial charge in [-0.15, -0.1) is 0 Å². The Hall–Kier alpha value is -1.55. The van der Waals surface area contributed by atoms with Crippen molar-refractivity contribution in [1.82, 2.24) is 4.90 Å². The number of halogens is 1. The minimum absolute atomic E-state index is 0.00537. The van der Waals surface area contributed by atoms with Crippen LogP contribution >= 0.6 is 11.6 Å². The Morgan fingerprint density at radius 1 is 1.24 bits per heavy atom. The van der Waals surface area contributed by atoms with E-state index in [-0.39, 0.29) is 18.2 Å². The van der Waals surface area contributed by atoms with Crippen LogP contribution in [0, 0.1) is 13.8 Å². The molecule has 0 radical (unpaired) electrons.